The highest BCUT2D eigenvalue weighted by molar-refractivity contribution is 6.33. The Kier molecular flexibility index (Phi) is 5.85. The second-order valence-corrected chi connectivity index (χ2v) is 7.95. The minimum atomic E-state index is 0.647. The second kappa shape index (κ2) is 8.52. The molecule has 1 saturated heterocycles. The van der Waals surface area contributed by atoms with E-state index in [2.05, 4.69) is 34.8 Å². The predicted molar refractivity (Wildman–Crippen MR) is 115 cm³/mol. The molecule has 6 heteroatoms. The molecule has 0 spiro atoms. The number of likely N-dealkylation sites (N-methyl/N-ethyl adjacent to an activating group) is 1. The molecule has 148 valence electrons. The molecule has 1 aliphatic rings. The van der Waals surface area contributed by atoms with Crippen LogP contribution in [0.25, 0.3) is 22.4 Å². The van der Waals surface area contributed by atoms with E-state index in [4.69, 9.17) is 21.3 Å². The Bertz CT molecular complexity index is 947. The van der Waals surface area contributed by atoms with E-state index in [-0.39, 0.29) is 0 Å². The van der Waals surface area contributed by atoms with Crippen LogP contribution in [0, 0.1) is 6.92 Å². The van der Waals surface area contributed by atoms with Crippen molar-refractivity contribution in [2.24, 2.45) is 0 Å². The fourth-order valence-corrected chi connectivity index (χ4v) is 3.89. The Balaban J connectivity index is 1.35. The number of benzene rings is 2. The van der Waals surface area contributed by atoms with E-state index in [0.29, 0.717) is 11.6 Å². The SMILES string of the molecule is Cc1cccc2[nH]c(-c3ccc(OCCCN4CCN(C)CC4)cc3Cl)nc12. The summed E-state index contributed by atoms with van der Waals surface area (Å²) in [6.45, 7) is 8.44. The van der Waals surface area contributed by atoms with Crippen LogP contribution in [0.1, 0.15) is 12.0 Å². The van der Waals surface area contributed by atoms with Gasteiger partial charge in [0.15, 0.2) is 0 Å². The van der Waals surface area contributed by atoms with E-state index in [0.717, 1.165) is 72.9 Å². The molecule has 0 amide bonds. The standard InChI is InChI=1S/C22H27ClN4O/c1-16-5-3-6-20-21(16)25-22(24-20)18-8-7-17(15-19(18)23)28-14-4-9-27-12-10-26(2)11-13-27/h3,5-8,15H,4,9-14H2,1-2H3,(H,24,25). The number of rotatable bonds is 6. The highest BCUT2D eigenvalue weighted by Gasteiger charge is 2.13. The summed E-state index contributed by atoms with van der Waals surface area (Å²) in [6.07, 6.45) is 1.02. The van der Waals surface area contributed by atoms with Gasteiger partial charge in [-0.3, -0.25) is 0 Å². The summed E-state index contributed by atoms with van der Waals surface area (Å²) in [4.78, 5) is 13.0. The summed E-state index contributed by atoms with van der Waals surface area (Å²) < 4.78 is 5.92. The Hall–Kier alpha value is -2.08. The van der Waals surface area contributed by atoms with E-state index >= 15 is 0 Å². The first kappa shape index (κ1) is 19.2. The number of ether oxygens (including phenoxy) is 1. The molecule has 0 radical (unpaired) electrons. The van der Waals surface area contributed by atoms with Crippen molar-refractivity contribution in [3.63, 3.8) is 0 Å². The van der Waals surface area contributed by atoms with Crippen molar-refractivity contribution in [1.29, 1.82) is 0 Å². The molecule has 3 aromatic rings. The van der Waals surface area contributed by atoms with Crippen LogP contribution in [-0.4, -0.2) is 66.1 Å². The van der Waals surface area contributed by atoms with Gasteiger partial charge in [-0.05, 0) is 50.2 Å². The average Bonchev–Trinajstić information content (AvgIpc) is 3.12. The van der Waals surface area contributed by atoms with Gasteiger partial charge in [-0.15, -0.1) is 0 Å². The number of halogens is 1. The lowest BCUT2D eigenvalue weighted by molar-refractivity contribution is 0.145. The van der Waals surface area contributed by atoms with Crippen molar-refractivity contribution in [3.05, 3.63) is 47.0 Å². The maximum atomic E-state index is 6.53. The monoisotopic (exact) mass is 398 g/mol. The highest BCUT2D eigenvalue weighted by atomic mass is 35.5. The smallest absolute Gasteiger partial charge is 0.140 e. The van der Waals surface area contributed by atoms with E-state index in [9.17, 15) is 0 Å². The fourth-order valence-electron chi connectivity index (χ4n) is 3.63. The van der Waals surface area contributed by atoms with Gasteiger partial charge in [0.1, 0.15) is 11.6 Å². The van der Waals surface area contributed by atoms with E-state index in [1.165, 1.54) is 0 Å². The molecule has 2 aromatic carbocycles. The van der Waals surface area contributed by atoms with E-state index in [1.54, 1.807) is 0 Å². The molecule has 0 saturated carbocycles. The topological polar surface area (TPSA) is 44.4 Å². The molecule has 0 bridgehead atoms. The van der Waals surface area contributed by atoms with Crippen LogP contribution in [0.2, 0.25) is 5.02 Å². The molecule has 4 rings (SSSR count). The van der Waals surface area contributed by atoms with Crippen LogP contribution in [0.15, 0.2) is 36.4 Å². The number of aryl methyl sites for hydroxylation is 1. The fraction of sp³-hybridized carbons (Fsp3) is 0.409. The molecular formula is C22H27ClN4O. The summed E-state index contributed by atoms with van der Waals surface area (Å²) >= 11 is 6.53. The third-order valence-corrected chi connectivity index (χ3v) is 5.71. The van der Waals surface area contributed by atoms with Crippen molar-refractivity contribution in [2.45, 2.75) is 13.3 Å². The number of imidazole rings is 1. The number of hydrogen-bond donors (Lipinski definition) is 1. The molecule has 0 aliphatic carbocycles. The number of aromatic nitrogens is 2. The molecular weight excluding hydrogens is 372 g/mol. The normalized spacial score (nSPS) is 16.0. The van der Waals surface area contributed by atoms with Crippen LogP contribution in [0.5, 0.6) is 5.75 Å². The largest absolute Gasteiger partial charge is 0.493 e. The Morgan fingerprint density at radius 2 is 1.96 bits per heavy atom. The summed E-state index contributed by atoms with van der Waals surface area (Å²) in [7, 11) is 2.18. The number of fused-ring (bicyclic) bond motifs is 1. The molecule has 2 heterocycles. The molecule has 5 nitrogen and oxygen atoms in total. The lowest BCUT2D eigenvalue weighted by atomic mass is 10.2. The average molecular weight is 399 g/mol. The summed E-state index contributed by atoms with van der Waals surface area (Å²) in [5.41, 5.74) is 4.05. The lowest BCUT2D eigenvalue weighted by Gasteiger charge is -2.32. The van der Waals surface area contributed by atoms with Crippen LogP contribution < -0.4 is 4.74 Å². The predicted octanol–water partition coefficient (Wildman–Crippen LogP) is 4.21. The van der Waals surface area contributed by atoms with E-state index < -0.39 is 0 Å². The van der Waals surface area contributed by atoms with Gasteiger partial charge in [-0.25, -0.2) is 4.98 Å². The molecule has 1 N–H and O–H groups in total. The van der Waals surface area contributed by atoms with Gasteiger partial charge in [0, 0.05) is 38.3 Å². The molecule has 0 unspecified atom stereocenters. The first-order valence-corrected chi connectivity index (χ1v) is 10.3. The first-order chi connectivity index (χ1) is 13.6. The van der Waals surface area contributed by atoms with Gasteiger partial charge in [0.2, 0.25) is 0 Å². The van der Waals surface area contributed by atoms with Crippen molar-refractivity contribution in [2.75, 3.05) is 46.4 Å². The lowest BCUT2D eigenvalue weighted by Crippen LogP contribution is -2.44. The minimum Gasteiger partial charge on any atom is -0.493 e. The molecule has 28 heavy (non-hydrogen) atoms. The number of piperazine rings is 1. The van der Waals surface area contributed by atoms with Gasteiger partial charge >= 0.3 is 0 Å². The third kappa shape index (κ3) is 4.32. The summed E-state index contributed by atoms with van der Waals surface area (Å²) in [5, 5.41) is 0.647. The Labute approximate surface area is 171 Å². The number of hydrogen-bond acceptors (Lipinski definition) is 4. The molecule has 1 aromatic heterocycles. The quantitative estimate of drug-likeness (QED) is 0.632. The van der Waals surface area contributed by atoms with Crippen LogP contribution >= 0.6 is 11.6 Å². The van der Waals surface area contributed by atoms with Crippen LogP contribution in [0.3, 0.4) is 0 Å². The zero-order valence-corrected chi connectivity index (χ0v) is 17.3. The Morgan fingerprint density at radius 1 is 1.14 bits per heavy atom. The first-order valence-electron chi connectivity index (χ1n) is 9.89. The molecule has 0 atom stereocenters. The minimum absolute atomic E-state index is 0.647. The highest BCUT2D eigenvalue weighted by Crippen LogP contribution is 2.31. The van der Waals surface area contributed by atoms with Gasteiger partial charge in [-0.1, -0.05) is 23.7 Å². The van der Waals surface area contributed by atoms with Gasteiger partial charge in [0.05, 0.1) is 22.7 Å². The maximum absolute atomic E-state index is 6.53. The zero-order chi connectivity index (χ0) is 19.5. The number of aromatic amines is 1. The Morgan fingerprint density at radius 3 is 2.71 bits per heavy atom. The van der Waals surface area contributed by atoms with Crippen molar-refractivity contribution >= 4 is 22.6 Å². The second-order valence-electron chi connectivity index (χ2n) is 7.55. The van der Waals surface area contributed by atoms with Crippen molar-refractivity contribution < 1.29 is 4.74 Å². The third-order valence-electron chi connectivity index (χ3n) is 5.39. The number of H-pyrrole nitrogens is 1. The number of nitrogens with one attached hydrogen (secondary N) is 1. The van der Waals surface area contributed by atoms with Gasteiger partial charge in [-0.2, -0.15) is 0 Å². The van der Waals surface area contributed by atoms with Gasteiger partial charge in [0.25, 0.3) is 0 Å². The van der Waals surface area contributed by atoms with E-state index in [1.807, 2.05) is 30.3 Å². The van der Waals surface area contributed by atoms with Gasteiger partial charge < -0.3 is 19.5 Å². The number of nitrogens with zero attached hydrogens (tertiary/aromatic N) is 3. The van der Waals surface area contributed by atoms with Crippen molar-refractivity contribution in [3.8, 4) is 17.1 Å². The van der Waals surface area contributed by atoms with Crippen LogP contribution in [-0.2, 0) is 0 Å². The molecule has 1 fully saturated rings. The molecule has 1 aliphatic heterocycles. The summed E-state index contributed by atoms with van der Waals surface area (Å²) in [5.74, 6) is 1.59. The van der Waals surface area contributed by atoms with Crippen molar-refractivity contribution in [1.82, 2.24) is 19.8 Å². The number of para-hydroxylation sites is 1. The summed E-state index contributed by atoms with van der Waals surface area (Å²) in [6, 6.07) is 12.0. The van der Waals surface area contributed by atoms with Crippen LogP contribution in [0.4, 0.5) is 0 Å². The maximum Gasteiger partial charge on any atom is 0.140 e. The zero-order valence-electron chi connectivity index (χ0n) is 16.5.